The highest BCUT2D eigenvalue weighted by Gasteiger charge is 2.09. The highest BCUT2D eigenvalue weighted by atomic mass is 79.9. The van der Waals surface area contributed by atoms with Crippen molar-refractivity contribution >= 4 is 49.0 Å². The van der Waals surface area contributed by atoms with Crippen molar-refractivity contribution in [3.8, 4) is 5.75 Å². The van der Waals surface area contributed by atoms with Crippen LogP contribution in [0.15, 0.2) is 79.5 Å². The second-order valence-electron chi connectivity index (χ2n) is 6.75. The summed E-state index contributed by atoms with van der Waals surface area (Å²) in [4.78, 5) is 17.3. The molecule has 156 valence electrons. The molecule has 0 aliphatic carbocycles. The summed E-state index contributed by atoms with van der Waals surface area (Å²) in [5, 5.41) is 4.80. The summed E-state index contributed by atoms with van der Waals surface area (Å²) in [6, 6.07) is 17.2. The maximum absolute atomic E-state index is 13.8. The molecule has 1 aromatic heterocycles. The fourth-order valence-electron chi connectivity index (χ4n) is 3.01. The van der Waals surface area contributed by atoms with Gasteiger partial charge in [-0.05, 0) is 70.9 Å². The van der Waals surface area contributed by atoms with Gasteiger partial charge in [-0.25, -0.2) is 9.37 Å². The molecule has 0 saturated heterocycles. The third-order valence-corrected chi connectivity index (χ3v) is 5.70. The summed E-state index contributed by atoms with van der Waals surface area (Å²) in [7, 11) is 0. The van der Waals surface area contributed by atoms with Gasteiger partial charge in [0.2, 0.25) is 0 Å². The zero-order valence-corrected chi connectivity index (χ0v) is 19.5. The number of aryl methyl sites for hydroxylation is 1. The van der Waals surface area contributed by atoms with Gasteiger partial charge in [-0.3, -0.25) is 4.79 Å². The summed E-state index contributed by atoms with van der Waals surface area (Å²) in [5.41, 5.74) is 1.61. The minimum atomic E-state index is -0.306. The first-order valence-electron chi connectivity index (χ1n) is 9.31. The van der Waals surface area contributed by atoms with Gasteiger partial charge in [0.15, 0.2) is 0 Å². The van der Waals surface area contributed by atoms with Crippen molar-refractivity contribution in [2.24, 2.45) is 5.10 Å². The number of rotatable bonds is 5. The molecule has 0 atom stereocenters. The summed E-state index contributed by atoms with van der Waals surface area (Å²) >= 11 is 6.85. The van der Waals surface area contributed by atoms with E-state index < -0.39 is 0 Å². The van der Waals surface area contributed by atoms with Crippen LogP contribution in [-0.2, 0) is 6.61 Å². The smallest absolute Gasteiger partial charge is 0.282 e. The Kier molecular flexibility index (Phi) is 6.29. The number of hydrogen-bond donors (Lipinski definition) is 0. The van der Waals surface area contributed by atoms with Gasteiger partial charge in [0.25, 0.3) is 5.56 Å². The Balaban J connectivity index is 1.57. The van der Waals surface area contributed by atoms with Crippen molar-refractivity contribution in [1.82, 2.24) is 9.66 Å². The highest BCUT2D eigenvalue weighted by molar-refractivity contribution is 9.10. The molecule has 0 aliphatic heterocycles. The monoisotopic (exact) mass is 543 g/mol. The number of nitrogens with zero attached hydrogens (tertiary/aromatic N) is 3. The first-order chi connectivity index (χ1) is 14.9. The molecule has 1 heterocycles. The lowest BCUT2D eigenvalue weighted by atomic mass is 10.2. The van der Waals surface area contributed by atoms with E-state index in [0.29, 0.717) is 32.5 Å². The first-order valence-corrected chi connectivity index (χ1v) is 10.9. The molecule has 0 radical (unpaired) electrons. The molecular weight excluding hydrogens is 529 g/mol. The van der Waals surface area contributed by atoms with Crippen LogP contribution in [0.4, 0.5) is 4.39 Å². The van der Waals surface area contributed by atoms with Crippen molar-refractivity contribution in [1.29, 1.82) is 0 Å². The van der Waals surface area contributed by atoms with Crippen molar-refractivity contribution < 1.29 is 9.13 Å². The van der Waals surface area contributed by atoms with Crippen LogP contribution in [0.25, 0.3) is 10.9 Å². The van der Waals surface area contributed by atoms with Gasteiger partial charge in [-0.2, -0.15) is 9.78 Å². The Morgan fingerprint density at radius 2 is 1.94 bits per heavy atom. The maximum atomic E-state index is 13.8. The van der Waals surface area contributed by atoms with Gasteiger partial charge in [0.05, 0.1) is 21.6 Å². The second kappa shape index (κ2) is 9.11. The predicted octanol–water partition coefficient (Wildman–Crippen LogP) is 5.83. The molecular formula is C23H16Br2FN3O2. The zero-order chi connectivity index (χ0) is 22.0. The van der Waals surface area contributed by atoms with E-state index in [-0.39, 0.29) is 18.0 Å². The molecule has 0 unspecified atom stereocenters. The lowest BCUT2D eigenvalue weighted by molar-refractivity contribution is 0.298. The summed E-state index contributed by atoms with van der Waals surface area (Å²) < 4.78 is 22.2. The first kappa shape index (κ1) is 21.4. The number of hydrogen-bond acceptors (Lipinski definition) is 4. The third-order valence-electron chi connectivity index (χ3n) is 4.59. The van der Waals surface area contributed by atoms with Crippen LogP contribution >= 0.6 is 31.9 Å². The number of halogens is 3. The Bertz CT molecular complexity index is 1370. The van der Waals surface area contributed by atoms with E-state index in [1.165, 1.54) is 10.7 Å². The quantitative estimate of drug-likeness (QED) is 0.297. The van der Waals surface area contributed by atoms with E-state index in [9.17, 15) is 9.18 Å². The fourth-order valence-corrected chi connectivity index (χ4v) is 3.88. The fraction of sp³-hybridized carbons (Fsp3) is 0.0870. The summed E-state index contributed by atoms with van der Waals surface area (Å²) in [6.45, 7) is 1.85. The maximum Gasteiger partial charge on any atom is 0.282 e. The van der Waals surface area contributed by atoms with Crippen LogP contribution in [0.3, 0.4) is 0 Å². The molecule has 31 heavy (non-hydrogen) atoms. The van der Waals surface area contributed by atoms with E-state index >= 15 is 0 Å². The van der Waals surface area contributed by atoms with E-state index in [2.05, 4.69) is 41.9 Å². The third kappa shape index (κ3) is 4.75. The largest absolute Gasteiger partial charge is 0.488 e. The number of fused-ring (bicyclic) bond motifs is 1. The molecule has 0 fully saturated rings. The number of aromatic nitrogens is 2. The summed E-state index contributed by atoms with van der Waals surface area (Å²) in [6.07, 6.45) is 1.57. The average Bonchev–Trinajstić information content (AvgIpc) is 2.74. The standard InChI is InChI=1S/C23H16Br2FN3O2/c1-14-28-21-8-7-17(24)11-18(21)23(30)29(14)27-12-15-6-9-22(19(25)10-15)31-13-16-4-2-3-5-20(16)26/h2-12H,13H2,1H3. The van der Waals surface area contributed by atoms with Crippen molar-refractivity contribution in [2.45, 2.75) is 13.5 Å². The molecule has 5 nitrogen and oxygen atoms in total. The second-order valence-corrected chi connectivity index (χ2v) is 8.52. The van der Waals surface area contributed by atoms with E-state index in [4.69, 9.17) is 4.74 Å². The zero-order valence-electron chi connectivity index (χ0n) is 16.3. The van der Waals surface area contributed by atoms with Crippen LogP contribution < -0.4 is 10.3 Å². The summed E-state index contributed by atoms with van der Waals surface area (Å²) in [5.74, 6) is 0.755. The van der Waals surface area contributed by atoms with Crippen LogP contribution in [0.2, 0.25) is 0 Å². The van der Waals surface area contributed by atoms with E-state index in [0.717, 1.165) is 10.0 Å². The van der Waals surface area contributed by atoms with Gasteiger partial charge in [-0.15, -0.1) is 0 Å². The Morgan fingerprint density at radius 1 is 1.13 bits per heavy atom. The number of benzene rings is 3. The SMILES string of the molecule is Cc1nc2ccc(Br)cc2c(=O)n1N=Cc1ccc(OCc2ccccc2F)c(Br)c1. The molecule has 0 spiro atoms. The van der Waals surface area contributed by atoms with Gasteiger partial charge in [0.1, 0.15) is 24.0 Å². The van der Waals surface area contributed by atoms with Gasteiger partial charge in [0, 0.05) is 10.0 Å². The highest BCUT2D eigenvalue weighted by Crippen LogP contribution is 2.26. The topological polar surface area (TPSA) is 56.5 Å². The molecule has 8 heteroatoms. The van der Waals surface area contributed by atoms with Crippen LogP contribution in [0.1, 0.15) is 17.0 Å². The average molecular weight is 545 g/mol. The lowest BCUT2D eigenvalue weighted by Crippen LogP contribution is -2.20. The van der Waals surface area contributed by atoms with Gasteiger partial charge >= 0.3 is 0 Å². The minimum absolute atomic E-state index is 0.117. The predicted molar refractivity (Wildman–Crippen MR) is 126 cm³/mol. The van der Waals surface area contributed by atoms with Crippen LogP contribution in [0.5, 0.6) is 5.75 Å². The molecule has 0 aliphatic rings. The Morgan fingerprint density at radius 3 is 2.71 bits per heavy atom. The molecule has 0 N–H and O–H groups in total. The minimum Gasteiger partial charge on any atom is -0.488 e. The molecule has 0 amide bonds. The van der Waals surface area contributed by atoms with Crippen molar-refractivity contribution in [3.63, 3.8) is 0 Å². The van der Waals surface area contributed by atoms with Crippen LogP contribution in [0, 0.1) is 12.7 Å². The van der Waals surface area contributed by atoms with Crippen molar-refractivity contribution in [2.75, 3.05) is 0 Å². The lowest BCUT2D eigenvalue weighted by Gasteiger charge is -2.09. The molecule has 3 aromatic carbocycles. The van der Waals surface area contributed by atoms with E-state index in [1.54, 1.807) is 55.6 Å². The Hall–Kier alpha value is -2.84. The normalized spacial score (nSPS) is 11.4. The molecule has 0 bridgehead atoms. The van der Waals surface area contributed by atoms with E-state index in [1.807, 2.05) is 12.1 Å². The van der Waals surface area contributed by atoms with Crippen molar-refractivity contribution in [3.05, 3.63) is 103 Å². The molecule has 0 saturated carbocycles. The van der Waals surface area contributed by atoms with Gasteiger partial charge < -0.3 is 4.74 Å². The van der Waals surface area contributed by atoms with Gasteiger partial charge in [-0.1, -0.05) is 34.1 Å². The number of ether oxygens (including phenoxy) is 1. The van der Waals surface area contributed by atoms with Crippen LogP contribution in [-0.4, -0.2) is 15.9 Å². The molecule has 4 aromatic rings. The molecule has 4 rings (SSSR count). The Labute approximate surface area is 194 Å².